The number of amides is 2. The quantitative estimate of drug-likeness (QED) is 0.832. The van der Waals surface area contributed by atoms with Crippen molar-refractivity contribution in [2.24, 2.45) is 0 Å². The predicted molar refractivity (Wildman–Crippen MR) is 80.0 cm³/mol. The second-order valence-electron chi connectivity index (χ2n) is 4.99. The Hall–Kier alpha value is -2.22. The number of thiophene rings is 1. The minimum atomic E-state index is -0.209. The number of hydrogen-bond donors (Lipinski definition) is 1. The maximum Gasteiger partial charge on any atom is 0.266 e. The van der Waals surface area contributed by atoms with Gasteiger partial charge in [-0.3, -0.25) is 9.59 Å². The molecule has 0 spiro atoms. The number of anilines is 1. The van der Waals surface area contributed by atoms with Gasteiger partial charge in [-0.2, -0.15) is 5.10 Å². The number of carbonyl (C=O) groups is 2. The van der Waals surface area contributed by atoms with Gasteiger partial charge in [-0.25, -0.2) is 0 Å². The third-order valence-corrected chi connectivity index (χ3v) is 4.67. The lowest BCUT2D eigenvalue weighted by Gasteiger charge is -2.19. The molecular formula is C13H15N5O2S. The minimum Gasteiger partial charge on any atom is -0.397 e. The van der Waals surface area contributed by atoms with Gasteiger partial charge >= 0.3 is 0 Å². The molecule has 7 nitrogen and oxygen atoms in total. The summed E-state index contributed by atoms with van der Waals surface area (Å²) in [7, 11) is 1.75. The molecular weight excluding hydrogens is 290 g/mol. The molecule has 0 bridgehead atoms. The van der Waals surface area contributed by atoms with E-state index in [1.165, 1.54) is 11.3 Å². The number of nitrogen functional groups attached to an aromatic ring is 1. The lowest BCUT2D eigenvalue weighted by atomic mass is 10.2. The van der Waals surface area contributed by atoms with E-state index in [9.17, 15) is 9.59 Å². The maximum atomic E-state index is 12.6. The van der Waals surface area contributed by atoms with Crippen LogP contribution in [0.15, 0.2) is 12.3 Å². The number of nitrogens with two attached hydrogens (primary N) is 1. The van der Waals surface area contributed by atoms with Crippen molar-refractivity contribution in [1.29, 1.82) is 0 Å². The van der Waals surface area contributed by atoms with E-state index in [2.05, 4.69) is 10.2 Å². The van der Waals surface area contributed by atoms with Crippen molar-refractivity contribution in [1.82, 2.24) is 20.0 Å². The summed E-state index contributed by atoms with van der Waals surface area (Å²) < 4.78 is 0. The van der Waals surface area contributed by atoms with Crippen LogP contribution in [0.4, 0.5) is 5.69 Å². The maximum absolute atomic E-state index is 12.6. The van der Waals surface area contributed by atoms with Crippen molar-refractivity contribution < 1.29 is 9.59 Å². The van der Waals surface area contributed by atoms with Crippen LogP contribution in [0.5, 0.6) is 0 Å². The fraction of sp³-hybridized carbons (Fsp3) is 0.385. The van der Waals surface area contributed by atoms with Crippen molar-refractivity contribution in [3.8, 4) is 0 Å². The van der Waals surface area contributed by atoms with Crippen LogP contribution in [0.3, 0.4) is 0 Å². The highest BCUT2D eigenvalue weighted by atomic mass is 32.1. The summed E-state index contributed by atoms with van der Waals surface area (Å²) in [4.78, 5) is 28.8. The van der Waals surface area contributed by atoms with Crippen molar-refractivity contribution in [3.05, 3.63) is 17.1 Å². The van der Waals surface area contributed by atoms with E-state index in [0.29, 0.717) is 28.5 Å². The number of rotatable bonds is 1. The Labute approximate surface area is 125 Å². The average molecular weight is 305 g/mol. The zero-order valence-corrected chi connectivity index (χ0v) is 12.4. The molecule has 2 aromatic rings. The van der Waals surface area contributed by atoms with Crippen molar-refractivity contribution in [2.75, 3.05) is 32.4 Å². The molecule has 3 rings (SSSR count). The standard InChI is InChI=1S/C13H15N5O2S/c1-17-5-2-6-18(7-9(17)19)13(20)11-10(14)8-3-4-15-16-12(8)21-11/h3-4H,2,5-7,14H2,1H3. The zero-order valence-electron chi connectivity index (χ0n) is 11.6. The molecule has 1 aliphatic rings. The van der Waals surface area contributed by atoms with Crippen LogP contribution >= 0.6 is 11.3 Å². The Morgan fingerprint density at radius 1 is 1.43 bits per heavy atom. The third kappa shape index (κ3) is 2.42. The minimum absolute atomic E-state index is 0.0553. The summed E-state index contributed by atoms with van der Waals surface area (Å²) in [5.41, 5.74) is 6.46. The molecule has 2 N–H and O–H groups in total. The van der Waals surface area contributed by atoms with E-state index < -0.39 is 0 Å². The van der Waals surface area contributed by atoms with Gasteiger partial charge in [-0.1, -0.05) is 0 Å². The summed E-state index contributed by atoms with van der Waals surface area (Å²) in [6, 6.07) is 1.74. The molecule has 1 saturated heterocycles. The van der Waals surface area contributed by atoms with Gasteiger partial charge in [0.15, 0.2) is 0 Å². The highest BCUT2D eigenvalue weighted by Crippen LogP contribution is 2.32. The second kappa shape index (κ2) is 5.28. The van der Waals surface area contributed by atoms with Gasteiger partial charge in [-0.15, -0.1) is 16.4 Å². The third-order valence-electron chi connectivity index (χ3n) is 3.58. The fourth-order valence-electron chi connectivity index (χ4n) is 2.34. The Kier molecular flexibility index (Phi) is 3.46. The lowest BCUT2D eigenvalue weighted by molar-refractivity contribution is -0.129. The molecule has 0 atom stereocenters. The first-order valence-electron chi connectivity index (χ1n) is 6.61. The summed E-state index contributed by atoms with van der Waals surface area (Å²) in [5, 5.41) is 8.51. The van der Waals surface area contributed by atoms with Gasteiger partial charge in [-0.05, 0) is 12.5 Å². The first kappa shape index (κ1) is 13.7. The van der Waals surface area contributed by atoms with Crippen LogP contribution in [-0.2, 0) is 4.79 Å². The van der Waals surface area contributed by atoms with E-state index in [4.69, 9.17) is 5.73 Å². The zero-order chi connectivity index (χ0) is 15.0. The number of fused-ring (bicyclic) bond motifs is 1. The molecule has 21 heavy (non-hydrogen) atoms. The molecule has 0 aliphatic carbocycles. The molecule has 2 amide bonds. The molecule has 2 aromatic heterocycles. The lowest BCUT2D eigenvalue weighted by Crippen LogP contribution is -2.37. The fourth-order valence-corrected chi connectivity index (χ4v) is 3.34. The largest absolute Gasteiger partial charge is 0.397 e. The molecule has 0 unspecified atom stereocenters. The first-order chi connectivity index (χ1) is 10.1. The van der Waals surface area contributed by atoms with Crippen LogP contribution in [0.25, 0.3) is 10.2 Å². The van der Waals surface area contributed by atoms with Crippen molar-refractivity contribution in [2.45, 2.75) is 6.42 Å². The van der Waals surface area contributed by atoms with E-state index in [-0.39, 0.29) is 18.4 Å². The molecule has 1 aliphatic heterocycles. The average Bonchev–Trinajstić information content (AvgIpc) is 2.72. The Bertz CT molecular complexity index is 714. The predicted octanol–water partition coefficient (Wildman–Crippen LogP) is 0.578. The van der Waals surface area contributed by atoms with E-state index in [0.717, 1.165) is 11.8 Å². The first-order valence-corrected chi connectivity index (χ1v) is 7.42. The van der Waals surface area contributed by atoms with E-state index in [1.807, 2.05) is 0 Å². The molecule has 8 heteroatoms. The number of hydrogen-bond acceptors (Lipinski definition) is 6. The molecule has 0 radical (unpaired) electrons. The number of aromatic nitrogens is 2. The van der Waals surface area contributed by atoms with Crippen LogP contribution < -0.4 is 5.73 Å². The molecule has 1 fully saturated rings. The molecule has 0 aromatic carbocycles. The van der Waals surface area contributed by atoms with E-state index in [1.54, 1.807) is 29.1 Å². The van der Waals surface area contributed by atoms with Gasteiger partial charge in [0.1, 0.15) is 16.3 Å². The van der Waals surface area contributed by atoms with Gasteiger partial charge in [0.05, 0.1) is 11.9 Å². The monoisotopic (exact) mass is 305 g/mol. The van der Waals surface area contributed by atoms with Gasteiger partial charge in [0.25, 0.3) is 5.91 Å². The van der Waals surface area contributed by atoms with Gasteiger partial charge in [0.2, 0.25) is 5.91 Å². The number of likely N-dealkylation sites (N-methyl/N-ethyl adjacent to an activating group) is 1. The normalized spacial score (nSPS) is 16.3. The number of carbonyl (C=O) groups excluding carboxylic acids is 2. The Morgan fingerprint density at radius 2 is 2.24 bits per heavy atom. The number of nitrogens with zero attached hydrogens (tertiary/aromatic N) is 4. The van der Waals surface area contributed by atoms with Crippen LogP contribution in [-0.4, -0.2) is 58.5 Å². The van der Waals surface area contributed by atoms with Crippen LogP contribution in [0, 0.1) is 0 Å². The molecule has 3 heterocycles. The smallest absolute Gasteiger partial charge is 0.266 e. The van der Waals surface area contributed by atoms with Crippen molar-refractivity contribution in [3.63, 3.8) is 0 Å². The van der Waals surface area contributed by atoms with E-state index >= 15 is 0 Å². The van der Waals surface area contributed by atoms with Gasteiger partial charge in [0, 0.05) is 25.5 Å². The Balaban J connectivity index is 1.93. The molecule has 0 saturated carbocycles. The highest BCUT2D eigenvalue weighted by Gasteiger charge is 2.27. The summed E-state index contributed by atoms with van der Waals surface area (Å²) in [6.07, 6.45) is 2.31. The highest BCUT2D eigenvalue weighted by molar-refractivity contribution is 7.21. The second-order valence-corrected chi connectivity index (χ2v) is 5.99. The van der Waals surface area contributed by atoms with Gasteiger partial charge < -0.3 is 15.5 Å². The Morgan fingerprint density at radius 3 is 3.00 bits per heavy atom. The topological polar surface area (TPSA) is 92.4 Å². The SMILES string of the molecule is CN1CCCN(C(=O)c2sc3nnccc3c2N)CC1=O. The summed E-state index contributed by atoms with van der Waals surface area (Å²) in [6.45, 7) is 1.30. The molecule has 110 valence electrons. The van der Waals surface area contributed by atoms with Crippen LogP contribution in [0.2, 0.25) is 0 Å². The van der Waals surface area contributed by atoms with Crippen molar-refractivity contribution >= 4 is 39.1 Å². The van der Waals surface area contributed by atoms with Crippen LogP contribution in [0.1, 0.15) is 16.1 Å². The summed E-state index contributed by atoms with van der Waals surface area (Å²) >= 11 is 1.22. The summed E-state index contributed by atoms with van der Waals surface area (Å²) in [5.74, 6) is -0.264.